The predicted molar refractivity (Wildman–Crippen MR) is 106 cm³/mol. The van der Waals surface area contributed by atoms with Crippen molar-refractivity contribution in [2.24, 2.45) is 0 Å². The number of thiophene rings is 1. The molecule has 2 heterocycles. The van der Waals surface area contributed by atoms with Crippen molar-refractivity contribution in [1.82, 2.24) is 15.1 Å². The lowest BCUT2D eigenvalue weighted by atomic mass is 10.2. The van der Waals surface area contributed by atoms with Gasteiger partial charge in [0, 0.05) is 11.9 Å². The Labute approximate surface area is 170 Å². The molecule has 0 radical (unpaired) electrons. The molecule has 0 aliphatic carbocycles. The van der Waals surface area contributed by atoms with Gasteiger partial charge in [0.25, 0.3) is 11.1 Å². The molecule has 0 bridgehead atoms. The number of hydrogen-bond acceptors (Lipinski definition) is 7. The van der Waals surface area contributed by atoms with Crippen LogP contribution in [0.1, 0.15) is 16.3 Å². The van der Waals surface area contributed by atoms with E-state index in [9.17, 15) is 4.79 Å². The number of halogens is 1. The first-order valence-corrected chi connectivity index (χ1v) is 10.3. The minimum atomic E-state index is -0.0275. The Balaban J connectivity index is 1.45. The summed E-state index contributed by atoms with van der Waals surface area (Å²) in [5.74, 6) is 1.30. The molecule has 3 rings (SSSR count). The van der Waals surface area contributed by atoms with E-state index in [2.05, 4.69) is 10.2 Å². The monoisotopic (exact) mass is 423 g/mol. The Bertz CT molecular complexity index is 913. The van der Waals surface area contributed by atoms with Gasteiger partial charge >= 0.3 is 0 Å². The van der Waals surface area contributed by atoms with Crippen molar-refractivity contribution in [2.45, 2.75) is 25.3 Å². The summed E-state index contributed by atoms with van der Waals surface area (Å²) in [7, 11) is 1.76. The number of aryl methyl sites for hydroxylation is 1. The highest BCUT2D eigenvalue weighted by Gasteiger charge is 2.14. The van der Waals surface area contributed by atoms with Crippen LogP contribution < -0.4 is 4.74 Å². The lowest BCUT2D eigenvalue weighted by Crippen LogP contribution is -2.27. The third kappa shape index (κ3) is 5.98. The molecular formula is C18H18ClN3O3S2. The van der Waals surface area contributed by atoms with E-state index in [0.29, 0.717) is 22.0 Å². The number of ether oxygens (including phenoxy) is 1. The summed E-state index contributed by atoms with van der Waals surface area (Å²) in [4.78, 5) is 14.9. The normalized spacial score (nSPS) is 10.8. The van der Waals surface area contributed by atoms with Crippen LogP contribution in [0.3, 0.4) is 0 Å². The molecule has 142 valence electrons. The number of benzene rings is 1. The third-order valence-electron chi connectivity index (χ3n) is 3.57. The van der Waals surface area contributed by atoms with Crippen LogP contribution in [0.5, 0.6) is 5.75 Å². The quantitative estimate of drug-likeness (QED) is 0.499. The molecule has 1 aromatic carbocycles. The molecule has 0 saturated heterocycles. The summed E-state index contributed by atoms with van der Waals surface area (Å²) in [5, 5.41) is 8.24. The molecular weight excluding hydrogens is 406 g/mol. The fraction of sp³-hybridized carbons (Fsp3) is 0.278. The third-order valence-corrected chi connectivity index (χ3v) is 5.59. The zero-order valence-electron chi connectivity index (χ0n) is 14.8. The number of amides is 1. The van der Waals surface area contributed by atoms with Crippen molar-refractivity contribution in [3.63, 3.8) is 0 Å². The van der Waals surface area contributed by atoms with Crippen LogP contribution in [0.4, 0.5) is 0 Å². The number of rotatable bonds is 8. The average molecular weight is 424 g/mol. The SMILES string of the molecule is Cc1cccc(OCc2nnc(SCC(=O)N(C)Cc3ccc(Cl)s3)o2)c1. The van der Waals surface area contributed by atoms with Gasteiger partial charge < -0.3 is 14.1 Å². The van der Waals surface area contributed by atoms with Gasteiger partial charge in [-0.25, -0.2) is 0 Å². The number of hydrogen-bond donors (Lipinski definition) is 0. The Kier molecular flexibility index (Phi) is 6.76. The molecule has 0 spiro atoms. The van der Waals surface area contributed by atoms with Crippen molar-refractivity contribution in [1.29, 1.82) is 0 Å². The molecule has 0 saturated carbocycles. The van der Waals surface area contributed by atoms with Crippen LogP contribution >= 0.6 is 34.7 Å². The van der Waals surface area contributed by atoms with Crippen molar-refractivity contribution in [2.75, 3.05) is 12.8 Å². The first-order valence-electron chi connectivity index (χ1n) is 8.12. The molecule has 9 heteroatoms. The molecule has 3 aromatic rings. The van der Waals surface area contributed by atoms with Gasteiger partial charge in [0.1, 0.15) is 5.75 Å². The first kappa shape index (κ1) is 19.7. The topological polar surface area (TPSA) is 68.5 Å². The van der Waals surface area contributed by atoms with Gasteiger partial charge in [0.05, 0.1) is 16.6 Å². The number of carbonyl (C=O) groups excluding carboxylic acids is 1. The number of nitrogens with zero attached hydrogens (tertiary/aromatic N) is 3. The second-order valence-corrected chi connectivity index (χ2v) is 8.54. The molecule has 0 fully saturated rings. The highest BCUT2D eigenvalue weighted by Crippen LogP contribution is 2.23. The number of carbonyl (C=O) groups is 1. The van der Waals surface area contributed by atoms with Gasteiger partial charge in [-0.3, -0.25) is 4.79 Å². The fourth-order valence-electron chi connectivity index (χ4n) is 2.20. The molecule has 2 aromatic heterocycles. The summed E-state index contributed by atoms with van der Waals surface area (Å²) in [6, 6.07) is 11.5. The van der Waals surface area contributed by atoms with E-state index in [-0.39, 0.29) is 18.3 Å². The zero-order valence-corrected chi connectivity index (χ0v) is 17.2. The Morgan fingerprint density at radius 3 is 2.93 bits per heavy atom. The second kappa shape index (κ2) is 9.25. The van der Waals surface area contributed by atoms with Gasteiger partial charge in [0.15, 0.2) is 6.61 Å². The van der Waals surface area contributed by atoms with Gasteiger partial charge in [0.2, 0.25) is 5.91 Å². The fourth-order valence-corrected chi connectivity index (χ4v) is 4.06. The largest absolute Gasteiger partial charge is 0.484 e. The molecule has 0 unspecified atom stereocenters. The standard InChI is InChI=1S/C18H18ClN3O3S2/c1-12-4-3-5-13(8-12)24-10-16-20-21-18(25-16)26-11-17(23)22(2)9-14-6-7-15(19)27-14/h3-8H,9-11H2,1-2H3. The van der Waals surface area contributed by atoms with Crippen LogP contribution in [-0.2, 0) is 17.9 Å². The molecule has 27 heavy (non-hydrogen) atoms. The first-order chi connectivity index (χ1) is 13.0. The maximum absolute atomic E-state index is 12.2. The summed E-state index contributed by atoms with van der Waals surface area (Å²) < 4.78 is 11.9. The molecule has 1 amide bonds. The van der Waals surface area contributed by atoms with Gasteiger partial charge in [-0.2, -0.15) is 0 Å². The van der Waals surface area contributed by atoms with Gasteiger partial charge in [-0.1, -0.05) is 35.5 Å². The predicted octanol–water partition coefficient (Wildman–Crippen LogP) is 4.42. The lowest BCUT2D eigenvalue weighted by molar-refractivity contribution is -0.127. The van der Waals surface area contributed by atoms with Crippen molar-refractivity contribution in [3.05, 3.63) is 57.1 Å². The molecule has 0 atom stereocenters. The average Bonchev–Trinajstić information content (AvgIpc) is 3.26. The molecule has 0 N–H and O–H groups in total. The van der Waals surface area contributed by atoms with Crippen LogP contribution in [0.15, 0.2) is 46.0 Å². The van der Waals surface area contributed by atoms with Crippen LogP contribution in [-0.4, -0.2) is 33.8 Å². The van der Waals surface area contributed by atoms with Crippen molar-refractivity contribution >= 4 is 40.6 Å². The summed E-state index contributed by atoms with van der Waals surface area (Å²) >= 11 is 8.59. The maximum Gasteiger partial charge on any atom is 0.277 e. The Morgan fingerprint density at radius 1 is 1.33 bits per heavy atom. The highest BCUT2D eigenvalue weighted by atomic mass is 35.5. The smallest absolute Gasteiger partial charge is 0.277 e. The Hall–Kier alpha value is -2.03. The van der Waals surface area contributed by atoms with Crippen molar-refractivity contribution in [3.8, 4) is 5.75 Å². The van der Waals surface area contributed by atoms with Crippen LogP contribution in [0.2, 0.25) is 4.34 Å². The van der Waals surface area contributed by atoms with Gasteiger partial charge in [-0.05, 0) is 36.8 Å². The van der Waals surface area contributed by atoms with E-state index >= 15 is 0 Å². The van der Waals surface area contributed by atoms with Crippen LogP contribution in [0, 0.1) is 6.92 Å². The summed E-state index contributed by atoms with van der Waals surface area (Å²) in [5.41, 5.74) is 1.11. The van der Waals surface area contributed by atoms with E-state index in [4.69, 9.17) is 20.8 Å². The number of aromatic nitrogens is 2. The number of thioether (sulfide) groups is 1. The van der Waals surface area contributed by atoms with E-state index in [1.165, 1.54) is 23.1 Å². The molecule has 0 aliphatic heterocycles. The van der Waals surface area contributed by atoms with Gasteiger partial charge in [-0.15, -0.1) is 21.5 Å². The second-order valence-electron chi connectivity index (χ2n) is 5.81. The van der Waals surface area contributed by atoms with E-state index in [0.717, 1.165) is 16.2 Å². The minimum absolute atomic E-state index is 0.0275. The zero-order chi connectivity index (χ0) is 19.2. The van der Waals surface area contributed by atoms with E-state index < -0.39 is 0 Å². The maximum atomic E-state index is 12.2. The lowest BCUT2D eigenvalue weighted by Gasteiger charge is -2.15. The van der Waals surface area contributed by atoms with E-state index in [1.807, 2.05) is 43.3 Å². The highest BCUT2D eigenvalue weighted by molar-refractivity contribution is 7.99. The summed E-state index contributed by atoms with van der Waals surface area (Å²) in [6.07, 6.45) is 0. The summed E-state index contributed by atoms with van der Waals surface area (Å²) in [6.45, 7) is 2.70. The minimum Gasteiger partial charge on any atom is -0.484 e. The van der Waals surface area contributed by atoms with E-state index in [1.54, 1.807) is 11.9 Å². The van der Waals surface area contributed by atoms with Crippen molar-refractivity contribution < 1.29 is 13.9 Å². The van der Waals surface area contributed by atoms with Crippen LogP contribution in [0.25, 0.3) is 0 Å². The Morgan fingerprint density at radius 2 is 2.19 bits per heavy atom. The molecule has 6 nitrogen and oxygen atoms in total. The molecule has 0 aliphatic rings.